The van der Waals surface area contributed by atoms with E-state index in [2.05, 4.69) is 29.7 Å². The van der Waals surface area contributed by atoms with Crippen LogP contribution in [0.15, 0.2) is 35.4 Å². The van der Waals surface area contributed by atoms with Crippen molar-refractivity contribution in [1.29, 1.82) is 0 Å². The van der Waals surface area contributed by atoms with Gasteiger partial charge in [-0.2, -0.15) is 5.10 Å². The van der Waals surface area contributed by atoms with Crippen LogP contribution in [0.2, 0.25) is 5.02 Å². The molecule has 0 amide bonds. The molecule has 1 aromatic rings. The van der Waals surface area contributed by atoms with Gasteiger partial charge in [0.15, 0.2) is 5.11 Å². The van der Waals surface area contributed by atoms with Crippen molar-refractivity contribution in [3.8, 4) is 0 Å². The maximum Gasteiger partial charge on any atom is 0.186 e. The molecule has 1 aromatic carbocycles. The van der Waals surface area contributed by atoms with Crippen LogP contribution in [0, 0.1) is 5.92 Å². The van der Waals surface area contributed by atoms with Crippen molar-refractivity contribution in [1.82, 2.24) is 10.7 Å². The second kappa shape index (κ2) is 8.72. The molecule has 0 saturated carbocycles. The van der Waals surface area contributed by atoms with E-state index in [4.69, 9.17) is 23.8 Å². The summed E-state index contributed by atoms with van der Waals surface area (Å²) in [5.41, 5.74) is 4.73. The largest absolute Gasteiger partial charge is 0.361 e. The average Bonchev–Trinajstić information content (AvgIpc) is 2.42. The third-order valence-corrected chi connectivity index (χ3v) is 2.88. The van der Waals surface area contributed by atoms with Crippen LogP contribution < -0.4 is 10.7 Å². The van der Waals surface area contributed by atoms with Crippen LogP contribution in [-0.2, 0) is 0 Å². The van der Waals surface area contributed by atoms with Crippen molar-refractivity contribution in [2.75, 3.05) is 6.54 Å². The lowest BCUT2D eigenvalue weighted by Crippen LogP contribution is -2.34. The molecule has 0 atom stereocenters. The molecule has 0 saturated heterocycles. The van der Waals surface area contributed by atoms with Gasteiger partial charge >= 0.3 is 0 Å². The fraction of sp³-hybridized carbons (Fsp3) is 0.333. The molecule has 0 aliphatic rings. The zero-order valence-electron chi connectivity index (χ0n) is 12.0. The highest BCUT2D eigenvalue weighted by molar-refractivity contribution is 7.80. The predicted octanol–water partition coefficient (Wildman–Crippen LogP) is 3.85. The Morgan fingerprint density at radius 3 is 2.60 bits per heavy atom. The number of nitrogens with one attached hydrogen (secondary N) is 2. The van der Waals surface area contributed by atoms with E-state index in [0.717, 1.165) is 22.8 Å². The molecule has 0 aromatic heterocycles. The van der Waals surface area contributed by atoms with Crippen LogP contribution in [-0.4, -0.2) is 17.4 Å². The Hall–Kier alpha value is -1.39. The van der Waals surface area contributed by atoms with Gasteiger partial charge in [0.1, 0.15) is 0 Å². The molecule has 5 heteroatoms. The summed E-state index contributed by atoms with van der Waals surface area (Å²) < 4.78 is 0. The number of hydrazone groups is 1. The Kier molecular flexibility index (Phi) is 7.26. The number of nitrogens with zero attached hydrogens (tertiary/aromatic N) is 1. The molecule has 0 radical (unpaired) electrons. The molecular weight excluding hydrogens is 290 g/mol. The van der Waals surface area contributed by atoms with E-state index >= 15 is 0 Å². The topological polar surface area (TPSA) is 36.4 Å². The number of thiocarbonyl (C=S) groups is 1. The minimum Gasteiger partial charge on any atom is -0.361 e. The molecule has 0 aliphatic carbocycles. The fourth-order valence-electron chi connectivity index (χ4n) is 1.30. The summed E-state index contributed by atoms with van der Waals surface area (Å²) in [7, 11) is 0. The van der Waals surface area contributed by atoms with E-state index < -0.39 is 0 Å². The number of hydrogen-bond donors (Lipinski definition) is 2. The third kappa shape index (κ3) is 7.26. The smallest absolute Gasteiger partial charge is 0.186 e. The first-order valence-electron chi connectivity index (χ1n) is 6.49. The highest BCUT2D eigenvalue weighted by atomic mass is 35.5. The standard InChI is InChI=1S/C15H20ClN3S/c1-11(2)10-17-15(20)19-18-12(3)4-5-13-6-8-14(16)9-7-13/h4-9,11H,10H2,1-3H3,(H2,17,19,20). The molecule has 3 nitrogen and oxygen atoms in total. The first-order valence-corrected chi connectivity index (χ1v) is 7.28. The Balaban J connectivity index is 2.45. The van der Waals surface area contributed by atoms with Crippen molar-refractivity contribution in [3.63, 3.8) is 0 Å². The Morgan fingerprint density at radius 1 is 1.35 bits per heavy atom. The number of halogens is 1. The SMILES string of the molecule is CC(C=Cc1ccc(Cl)cc1)=NNC(=S)NCC(C)C. The van der Waals surface area contributed by atoms with Crippen molar-refractivity contribution in [2.45, 2.75) is 20.8 Å². The van der Waals surface area contributed by atoms with E-state index in [9.17, 15) is 0 Å². The molecule has 0 fully saturated rings. The van der Waals surface area contributed by atoms with E-state index in [-0.39, 0.29) is 0 Å². The third-order valence-electron chi connectivity index (χ3n) is 2.39. The summed E-state index contributed by atoms with van der Waals surface area (Å²) >= 11 is 10.9. The normalized spacial score (nSPS) is 11.9. The quantitative estimate of drug-likeness (QED) is 0.493. The van der Waals surface area contributed by atoms with Crippen molar-refractivity contribution in [2.24, 2.45) is 11.0 Å². The molecule has 0 heterocycles. The Labute approximate surface area is 131 Å². The van der Waals surface area contributed by atoms with Crippen LogP contribution in [0.5, 0.6) is 0 Å². The lowest BCUT2D eigenvalue weighted by Gasteiger charge is -2.09. The minimum absolute atomic E-state index is 0.540. The number of allylic oxidation sites excluding steroid dienone is 1. The van der Waals surface area contributed by atoms with Crippen molar-refractivity contribution >= 4 is 40.7 Å². The molecule has 2 N–H and O–H groups in total. The van der Waals surface area contributed by atoms with Gasteiger partial charge in [-0.1, -0.05) is 43.7 Å². The number of hydrogen-bond acceptors (Lipinski definition) is 2. The lowest BCUT2D eigenvalue weighted by atomic mass is 10.2. The number of benzene rings is 1. The summed E-state index contributed by atoms with van der Waals surface area (Å²) in [5.74, 6) is 0.546. The lowest BCUT2D eigenvalue weighted by molar-refractivity contribution is 0.621. The van der Waals surface area contributed by atoms with E-state index in [0.29, 0.717) is 11.0 Å². The van der Waals surface area contributed by atoms with Crippen LogP contribution in [0.25, 0.3) is 6.08 Å². The van der Waals surface area contributed by atoms with Gasteiger partial charge < -0.3 is 5.32 Å². The van der Waals surface area contributed by atoms with Gasteiger partial charge in [-0.15, -0.1) is 0 Å². The zero-order chi connectivity index (χ0) is 15.0. The summed E-state index contributed by atoms with van der Waals surface area (Å²) in [6.45, 7) is 6.99. The Morgan fingerprint density at radius 2 is 2.00 bits per heavy atom. The monoisotopic (exact) mass is 309 g/mol. The minimum atomic E-state index is 0.540. The molecular formula is C15H20ClN3S. The van der Waals surface area contributed by atoms with Gasteiger partial charge in [0, 0.05) is 11.6 Å². The summed E-state index contributed by atoms with van der Waals surface area (Å²) in [4.78, 5) is 0. The highest BCUT2D eigenvalue weighted by Crippen LogP contribution is 2.10. The maximum absolute atomic E-state index is 5.83. The average molecular weight is 310 g/mol. The first kappa shape index (κ1) is 16.7. The molecule has 0 bridgehead atoms. The van der Waals surface area contributed by atoms with E-state index in [1.165, 1.54) is 0 Å². The molecule has 108 valence electrons. The van der Waals surface area contributed by atoms with Crippen LogP contribution in [0.4, 0.5) is 0 Å². The van der Waals surface area contributed by atoms with Gasteiger partial charge in [-0.05, 0) is 48.8 Å². The second-order valence-electron chi connectivity index (χ2n) is 4.85. The highest BCUT2D eigenvalue weighted by Gasteiger charge is 1.96. The van der Waals surface area contributed by atoms with Crippen molar-refractivity contribution in [3.05, 3.63) is 40.9 Å². The Bertz CT molecular complexity index is 492. The van der Waals surface area contributed by atoms with Crippen LogP contribution in [0.1, 0.15) is 26.3 Å². The summed E-state index contributed by atoms with van der Waals surface area (Å²) in [5, 5.41) is 8.55. The zero-order valence-corrected chi connectivity index (χ0v) is 13.6. The van der Waals surface area contributed by atoms with Gasteiger partial charge in [0.25, 0.3) is 0 Å². The molecule has 20 heavy (non-hydrogen) atoms. The van der Waals surface area contributed by atoms with Gasteiger partial charge in [-0.25, -0.2) is 0 Å². The predicted molar refractivity (Wildman–Crippen MR) is 92.2 cm³/mol. The fourth-order valence-corrected chi connectivity index (χ4v) is 1.56. The molecule has 0 spiro atoms. The van der Waals surface area contributed by atoms with E-state index in [1.807, 2.05) is 43.3 Å². The molecule has 1 rings (SSSR count). The second-order valence-corrected chi connectivity index (χ2v) is 5.70. The van der Waals surface area contributed by atoms with Gasteiger partial charge in [0.2, 0.25) is 0 Å². The van der Waals surface area contributed by atoms with Gasteiger partial charge in [-0.3, -0.25) is 5.43 Å². The number of rotatable bonds is 5. The first-order chi connectivity index (χ1) is 9.47. The van der Waals surface area contributed by atoms with Gasteiger partial charge in [0.05, 0.1) is 5.71 Å². The molecule has 0 unspecified atom stereocenters. The van der Waals surface area contributed by atoms with Crippen LogP contribution in [0.3, 0.4) is 0 Å². The molecule has 0 aliphatic heterocycles. The summed E-state index contributed by atoms with van der Waals surface area (Å²) in [6, 6.07) is 7.62. The van der Waals surface area contributed by atoms with Crippen LogP contribution >= 0.6 is 23.8 Å². The van der Waals surface area contributed by atoms with E-state index in [1.54, 1.807) is 0 Å². The van der Waals surface area contributed by atoms with Crippen molar-refractivity contribution < 1.29 is 0 Å². The summed E-state index contributed by atoms with van der Waals surface area (Å²) in [6.07, 6.45) is 3.89. The maximum atomic E-state index is 5.83.